The van der Waals surface area contributed by atoms with Gasteiger partial charge in [-0.15, -0.1) is 12.4 Å². The van der Waals surface area contributed by atoms with Crippen LogP contribution in [-0.2, 0) is 9.53 Å². The molecular formula is C19H28ClN3O3. The zero-order valence-electron chi connectivity index (χ0n) is 15.0. The first-order valence-electron chi connectivity index (χ1n) is 9.13. The largest absolute Gasteiger partial charge is 0.381 e. The number of benzene rings is 1. The molecule has 0 bridgehead atoms. The third-order valence-corrected chi connectivity index (χ3v) is 5.33. The summed E-state index contributed by atoms with van der Waals surface area (Å²) in [6.45, 7) is 3.03. The molecule has 0 saturated carbocycles. The molecule has 2 fully saturated rings. The van der Waals surface area contributed by atoms with Crippen LogP contribution < -0.4 is 11.1 Å². The number of carbonyl (C=O) groups excluding carboxylic acids is 2. The molecular weight excluding hydrogens is 354 g/mol. The first-order chi connectivity index (χ1) is 12.1. The van der Waals surface area contributed by atoms with E-state index in [9.17, 15) is 9.59 Å². The molecule has 0 atom stereocenters. The second-order valence-corrected chi connectivity index (χ2v) is 6.98. The van der Waals surface area contributed by atoms with Crippen LogP contribution in [0.2, 0.25) is 0 Å². The van der Waals surface area contributed by atoms with Crippen molar-refractivity contribution in [2.75, 3.05) is 38.2 Å². The third kappa shape index (κ3) is 4.55. The molecule has 26 heavy (non-hydrogen) atoms. The zero-order valence-corrected chi connectivity index (χ0v) is 15.9. The molecule has 3 N–H and O–H groups in total. The van der Waals surface area contributed by atoms with E-state index in [-0.39, 0.29) is 24.2 Å². The summed E-state index contributed by atoms with van der Waals surface area (Å²) in [5, 5.41) is 2.96. The highest BCUT2D eigenvalue weighted by molar-refractivity contribution is 5.99. The Bertz CT molecular complexity index is 626. The molecule has 144 valence electrons. The second kappa shape index (κ2) is 9.35. The van der Waals surface area contributed by atoms with Crippen molar-refractivity contribution >= 4 is 29.9 Å². The van der Waals surface area contributed by atoms with E-state index in [0.29, 0.717) is 43.9 Å². The van der Waals surface area contributed by atoms with Crippen molar-refractivity contribution in [3.63, 3.8) is 0 Å². The normalized spacial score (nSPS) is 19.3. The van der Waals surface area contributed by atoms with E-state index in [1.807, 2.05) is 17.0 Å². The predicted molar refractivity (Wildman–Crippen MR) is 104 cm³/mol. The van der Waals surface area contributed by atoms with Gasteiger partial charge < -0.3 is 20.7 Å². The highest BCUT2D eigenvalue weighted by Crippen LogP contribution is 2.31. The highest BCUT2D eigenvalue weighted by Gasteiger charge is 2.38. The third-order valence-electron chi connectivity index (χ3n) is 5.33. The molecule has 0 aromatic heterocycles. The fourth-order valence-corrected chi connectivity index (χ4v) is 3.56. The quantitative estimate of drug-likeness (QED) is 0.838. The molecule has 2 heterocycles. The predicted octanol–water partition coefficient (Wildman–Crippen LogP) is 2.43. The van der Waals surface area contributed by atoms with Crippen molar-refractivity contribution in [2.24, 2.45) is 11.1 Å². The molecule has 2 saturated heterocycles. The molecule has 6 nitrogen and oxygen atoms in total. The number of piperidine rings is 1. The van der Waals surface area contributed by atoms with Gasteiger partial charge in [0, 0.05) is 44.1 Å². The molecule has 2 aliphatic heterocycles. The average Bonchev–Trinajstić information content (AvgIpc) is 2.68. The minimum Gasteiger partial charge on any atom is -0.381 e. The van der Waals surface area contributed by atoms with Gasteiger partial charge in [-0.05, 0) is 50.3 Å². The van der Waals surface area contributed by atoms with E-state index in [1.165, 1.54) is 6.42 Å². The van der Waals surface area contributed by atoms with Gasteiger partial charge >= 0.3 is 0 Å². The molecule has 0 radical (unpaired) electrons. The summed E-state index contributed by atoms with van der Waals surface area (Å²) in [4.78, 5) is 27.3. The number of amides is 2. The molecule has 3 rings (SSSR count). The Balaban J connectivity index is 0.00000243. The number of nitrogens with one attached hydrogen (secondary N) is 1. The Labute approximate surface area is 160 Å². The van der Waals surface area contributed by atoms with Gasteiger partial charge in [-0.2, -0.15) is 0 Å². The zero-order chi connectivity index (χ0) is 17.7. The molecule has 7 heteroatoms. The summed E-state index contributed by atoms with van der Waals surface area (Å²) in [7, 11) is 0. The van der Waals surface area contributed by atoms with Crippen molar-refractivity contribution in [3.8, 4) is 0 Å². The van der Waals surface area contributed by atoms with Gasteiger partial charge in [0.1, 0.15) is 0 Å². The Kier molecular flexibility index (Phi) is 7.43. The topological polar surface area (TPSA) is 84.7 Å². The van der Waals surface area contributed by atoms with Gasteiger partial charge in [-0.25, -0.2) is 0 Å². The fraction of sp³-hybridized carbons (Fsp3) is 0.579. The molecule has 0 spiro atoms. The number of anilines is 1. The van der Waals surface area contributed by atoms with Crippen molar-refractivity contribution < 1.29 is 14.3 Å². The van der Waals surface area contributed by atoms with Gasteiger partial charge in [0.15, 0.2) is 0 Å². The SMILES string of the molecule is Cl.NCC1(C(=O)Nc2cccc(C(=O)N3CCCCC3)c2)CCOCC1. The number of ether oxygens (including phenoxy) is 1. The number of carbonyl (C=O) groups is 2. The van der Waals surface area contributed by atoms with E-state index in [0.717, 1.165) is 25.9 Å². The van der Waals surface area contributed by atoms with Gasteiger partial charge in [0.2, 0.25) is 5.91 Å². The Morgan fingerprint density at radius 2 is 1.85 bits per heavy atom. The lowest BCUT2D eigenvalue weighted by Gasteiger charge is -2.34. The van der Waals surface area contributed by atoms with Crippen LogP contribution in [-0.4, -0.2) is 49.6 Å². The number of nitrogens with two attached hydrogens (primary N) is 1. The summed E-state index contributed by atoms with van der Waals surface area (Å²) in [5.41, 5.74) is 6.58. The Morgan fingerprint density at radius 3 is 2.50 bits per heavy atom. The molecule has 0 aliphatic carbocycles. The van der Waals surface area contributed by atoms with Gasteiger partial charge in [0.25, 0.3) is 5.91 Å². The smallest absolute Gasteiger partial charge is 0.253 e. The van der Waals surface area contributed by atoms with Crippen molar-refractivity contribution in [3.05, 3.63) is 29.8 Å². The summed E-state index contributed by atoms with van der Waals surface area (Å²) in [6, 6.07) is 7.19. The molecule has 2 amide bonds. The maximum atomic E-state index is 12.8. The molecule has 1 aromatic rings. The van der Waals surface area contributed by atoms with Gasteiger partial charge in [0.05, 0.1) is 5.41 Å². The Hall–Kier alpha value is -1.63. The van der Waals surface area contributed by atoms with Crippen LogP contribution in [0.1, 0.15) is 42.5 Å². The number of likely N-dealkylation sites (tertiary alicyclic amines) is 1. The Morgan fingerprint density at radius 1 is 1.15 bits per heavy atom. The summed E-state index contributed by atoms with van der Waals surface area (Å²) in [5.74, 6) is -0.0451. The fourth-order valence-electron chi connectivity index (χ4n) is 3.56. The van der Waals surface area contributed by atoms with Crippen LogP contribution in [0.3, 0.4) is 0 Å². The minimum atomic E-state index is -0.578. The number of halogens is 1. The maximum Gasteiger partial charge on any atom is 0.253 e. The lowest BCUT2D eigenvalue weighted by molar-refractivity contribution is -0.130. The summed E-state index contributed by atoms with van der Waals surface area (Å²) in [6.07, 6.45) is 4.56. The van der Waals surface area contributed by atoms with Crippen molar-refractivity contribution in [2.45, 2.75) is 32.1 Å². The molecule has 0 unspecified atom stereocenters. The van der Waals surface area contributed by atoms with Crippen LogP contribution in [0.4, 0.5) is 5.69 Å². The molecule has 1 aromatic carbocycles. The minimum absolute atomic E-state index is 0. The van der Waals surface area contributed by atoms with E-state index < -0.39 is 5.41 Å². The van der Waals surface area contributed by atoms with Gasteiger partial charge in [-0.3, -0.25) is 9.59 Å². The standard InChI is InChI=1S/C19H27N3O3.ClH/c20-14-19(7-11-25-12-8-19)18(24)21-16-6-4-5-15(13-16)17(23)22-9-2-1-3-10-22;/h4-6,13H,1-3,7-12,14,20H2,(H,21,24);1H. The number of hydrogen-bond donors (Lipinski definition) is 2. The lowest BCUT2D eigenvalue weighted by Crippen LogP contribution is -2.46. The van der Waals surface area contributed by atoms with E-state index >= 15 is 0 Å². The van der Waals surface area contributed by atoms with Crippen LogP contribution in [0, 0.1) is 5.41 Å². The van der Waals surface area contributed by atoms with Gasteiger partial charge in [-0.1, -0.05) is 6.07 Å². The lowest BCUT2D eigenvalue weighted by atomic mass is 9.79. The van der Waals surface area contributed by atoms with E-state index in [1.54, 1.807) is 12.1 Å². The first kappa shape index (κ1) is 20.7. The highest BCUT2D eigenvalue weighted by atomic mass is 35.5. The van der Waals surface area contributed by atoms with E-state index in [4.69, 9.17) is 10.5 Å². The number of nitrogens with zero attached hydrogens (tertiary/aromatic N) is 1. The van der Waals surface area contributed by atoms with Crippen LogP contribution in [0.5, 0.6) is 0 Å². The average molecular weight is 382 g/mol. The molecule has 2 aliphatic rings. The number of hydrogen-bond acceptors (Lipinski definition) is 4. The van der Waals surface area contributed by atoms with Crippen LogP contribution in [0.25, 0.3) is 0 Å². The first-order valence-corrected chi connectivity index (χ1v) is 9.13. The monoisotopic (exact) mass is 381 g/mol. The van der Waals surface area contributed by atoms with Crippen molar-refractivity contribution in [1.29, 1.82) is 0 Å². The number of rotatable bonds is 4. The maximum absolute atomic E-state index is 12.8. The van der Waals surface area contributed by atoms with E-state index in [2.05, 4.69) is 5.32 Å². The van der Waals surface area contributed by atoms with Crippen LogP contribution >= 0.6 is 12.4 Å². The summed E-state index contributed by atoms with van der Waals surface area (Å²) >= 11 is 0. The summed E-state index contributed by atoms with van der Waals surface area (Å²) < 4.78 is 5.36. The van der Waals surface area contributed by atoms with Crippen molar-refractivity contribution in [1.82, 2.24) is 4.90 Å². The van der Waals surface area contributed by atoms with Crippen LogP contribution in [0.15, 0.2) is 24.3 Å². The second-order valence-electron chi connectivity index (χ2n) is 6.98.